The minimum atomic E-state index is -0.357. The monoisotopic (exact) mass is 216 g/mol. The fourth-order valence-electron chi connectivity index (χ4n) is 1.82. The number of hydrogen-bond acceptors (Lipinski definition) is 2. The normalized spacial score (nSPS) is 10.4. The topological polar surface area (TPSA) is 48.1 Å². The lowest BCUT2D eigenvalue weighted by Crippen LogP contribution is -1.99. The van der Waals surface area contributed by atoms with E-state index in [1.165, 1.54) is 6.07 Å². The number of aromatic nitrogens is 1. The van der Waals surface area contributed by atoms with Crippen LogP contribution < -0.4 is 0 Å². The van der Waals surface area contributed by atoms with E-state index in [9.17, 15) is 10.1 Å². The molecule has 2 rings (SSSR count). The van der Waals surface area contributed by atoms with Gasteiger partial charge in [0.15, 0.2) is 0 Å². The first kappa shape index (κ1) is 10.4. The van der Waals surface area contributed by atoms with Crippen LogP contribution in [-0.2, 0) is 0 Å². The van der Waals surface area contributed by atoms with Crippen LogP contribution in [-0.4, -0.2) is 9.49 Å². The average molecular weight is 216 g/mol. The molecule has 0 aliphatic rings. The summed E-state index contributed by atoms with van der Waals surface area (Å²) in [4.78, 5) is 10.5. The molecule has 0 saturated carbocycles. The van der Waals surface area contributed by atoms with E-state index in [-0.39, 0.29) is 10.6 Å². The molecule has 1 aromatic carbocycles. The van der Waals surface area contributed by atoms with Gasteiger partial charge in [-0.2, -0.15) is 0 Å². The fraction of sp³-hybridized carbons (Fsp3) is 0.167. The SMILES string of the molecule is Cc1cc(C)n(-c2ccccc2[N+](=O)[O-])c1. The number of para-hydroxylation sites is 2. The number of rotatable bonds is 2. The Bertz CT molecular complexity index is 544. The van der Waals surface area contributed by atoms with E-state index in [0.717, 1.165) is 11.3 Å². The maximum atomic E-state index is 10.9. The van der Waals surface area contributed by atoms with Gasteiger partial charge in [-0.1, -0.05) is 12.1 Å². The molecule has 2 aromatic rings. The van der Waals surface area contributed by atoms with Crippen molar-refractivity contribution < 1.29 is 4.92 Å². The van der Waals surface area contributed by atoms with Gasteiger partial charge in [0.25, 0.3) is 5.69 Å². The van der Waals surface area contributed by atoms with Crippen molar-refractivity contribution in [2.24, 2.45) is 0 Å². The number of benzene rings is 1. The number of hydrogen-bond donors (Lipinski definition) is 0. The zero-order chi connectivity index (χ0) is 11.7. The predicted octanol–water partition coefficient (Wildman–Crippen LogP) is 3.00. The average Bonchev–Trinajstić information content (AvgIpc) is 2.57. The molecule has 0 amide bonds. The Morgan fingerprint density at radius 2 is 1.94 bits per heavy atom. The molecule has 0 fully saturated rings. The van der Waals surface area contributed by atoms with Crippen LogP contribution in [0.1, 0.15) is 11.3 Å². The predicted molar refractivity (Wildman–Crippen MR) is 61.9 cm³/mol. The van der Waals surface area contributed by atoms with E-state index < -0.39 is 0 Å². The zero-order valence-electron chi connectivity index (χ0n) is 9.18. The summed E-state index contributed by atoms with van der Waals surface area (Å²) in [5.41, 5.74) is 2.82. The molecule has 0 atom stereocenters. The minimum absolute atomic E-state index is 0.126. The highest BCUT2D eigenvalue weighted by Gasteiger charge is 2.14. The van der Waals surface area contributed by atoms with Gasteiger partial charge < -0.3 is 4.57 Å². The highest BCUT2D eigenvalue weighted by Crippen LogP contribution is 2.24. The van der Waals surface area contributed by atoms with E-state index in [4.69, 9.17) is 0 Å². The number of nitro benzene ring substituents is 1. The standard InChI is InChI=1S/C12H12N2O2/c1-9-7-10(2)13(8-9)11-5-3-4-6-12(11)14(15)16/h3-8H,1-2H3. The largest absolute Gasteiger partial charge is 0.315 e. The summed E-state index contributed by atoms with van der Waals surface area (Å²) >= 11 is 0. The second-order valence-corrected chi connectivity index (χ2v) is 3.77. The molecule has 0 saturated heterocycles. The quantitative estimate of drug-likeness (QED) is 0.572. The third kappa shape index (κ3) is 1.69. The molecule has 0 aliphatic heterocycles. The van der Waals surface area contributed by atoms with Crippen molar-refractivity contribution >= 4 is 5.69 Å². The molecular formula is C12H12N2O2. The molecule has 0 radical (unpaired) electrons. The van der Waals surface area contributed by atoms with Gasteiger partial charge in [0.1, 0.15) is 5.69 Å². The van der Waals surface area contributed by atoms with Crippen LogP contribution in [0.4, 0.5) is 5.69 Å². The van der Waals surface area contributed by atoms with Crippen molar-refractivity contribution in [1.82, 2.24) is 4.57 Å². The first-order valence-corrected chi connectivity index (χ1v) is 4.99. The summed E-state index contributed by atoms with van der Waals surface area (Å²) in [6.07, 6.45) is 1.90. The summed E-state index contributed by atoms with van der Waals surface area (Å²) in [5, 5.41) is 10.9. The number of nitrogens with zero attached hydrogens (tertiary/aromatic N) is 2. The van der Waals surface area contributed by atoms with E-state index in [1.54, 1.807) is 18.2 Å². The van der Waals surface area contributed by atoms with Crippen LogP contribution in [0.15, 0.2) is 36.5 Å². The van der Waals surface area contributed by atoms with Gasteiger partial charge in [-0.15, -0.1) is 0 Å². The molecule has 82 valence electrons. The lowest BCUT2D eigenvalue weighted by Gasteiger charge is -2.06. The van der Waals surface area contributed by atoms with Gasteiger partial charge in [0.05, 0.1) is 4.92 Å². The van der Waals surface area contributed by atoms with Crippen LogP contribution >= 0.6 is 0 Å². The second-order valence-electron chi connectivity index (χ2n) is 3.77. The maximum Gasteiger partial charge on any atom is 0.293 e. The molecule has 4 nitrogen and oxygen atoms in total. The fourth-order valence-corrected chi connectivity index (χ4v) is 1.82. The van der Waals surface area contributed by atoms with Crippen LogP contribution in [0, 0.1) is 24.0 Å². The third-order valence-corrected chi connectivity index (χ3v) is 2.49. The van der Waals surface area contributed by atoms with Crippen LogP contribution in [0.2, 0.25) is 0 Å². The van der Waals surface area contributed by atoms with Gasteiger partial charge in [-0.25, -0.2) is 0 Å². The van der Waals surface area contributed by atoms with Crippen molar-refractivity contribution in [3.8, 4) is 5.69 Å². The Balaban J connectivity index is 2.64. The molecule has 0 N–H and O–H groups in total. The van der Waals surface area contributed by atoms with E-state index >= 15 is 0 Å². The van der Waals surface area contributed by atoms with Crippen LogP contribution in [0.3, 0.4) is 0 Å². The molecule has 16 heavy (non-hydrogen) atoms. The van der Waals surface area contributed by atoms with Crippen molar-refractivity contribution in [3.63, 3.8) is 0 Å². The number of nitro groups is 1. The molecule has 1 aromatic heterocycles. The minimum Gasteiger partial charge on any atom is -0.315 e. The first-order chi connectivity index (χ1) is 7.59. The summed E-state index contributed by atoms with van der Waals surface area (Å²) in [7, 11) is 0. The van der Waals surface area contributed by atoms with Gasteiger partial charge >= 0.3 is 0 Å². The van der Waals surface area contributed by atoms with Gasteiger partial charge in [-0.3, -0.25) is 10.1 Å². The molecule has 0 bridgehead atoms. The molecular weight excluding hydrogens is 204 g/mol. The summed E-state index contributed by atoms with van der Waals surface area (Å²) in [6, 6.07) is 8.75. The first-order valence-electron chi connectivity index (χ1n) is 4.99. The number of aryl methyl sites for hydroxylation is 2. The van der Waals surface area contributed by atoms with Crippen molar-refractivity contribution in [2.45, 2.75) is 13.8 Å². The highest BCUT2D eigenvalue weighted by atomic mass is 16.6. The molecule has 0 unspecified atom stereocenters. The summed E-state index contributed by atoms with van der Waals surface area (Å²) in [6.45, 7) is 3.90. The Hall–Kier alpha value is -2.10. The van der Waals surface area contributed by atoms with E-state index in [1.807, 2.05) is 30.7 Å². The lowest BCUT2D eigenvalue weighted by atomic mass is 10.2. The van der Waals surface area contributed by atoms with Gasteiger partial charge in [0.2, 0.25) is 0 Å². The summed E-state index contributed by atoms with van der Waals surface area (Å²) in [5.74, 6) is 0. The van der Waals surface area contributed by atoms with Gasteiger partial charge in [-0.05, 0) is 31.5 Å². The summed E-state index contributed by atoms with van der Waals surface area (Å²) < 4.78 is 1.84. The molecule has 0 aliphatic carbocycles. The maximum absolute atomic E-state index is 10.9. The van der Waals surface area contributed by atoms with Crippen LogP contribution in [0.5, 0.6) is 0 Å². The Morgan fingerprint density at radius 3 is 2.50 bits per heavy atom. The Morgan fingerprint density at radius 1 is 1.25 bits per heavy atom. The van der Waals surface area contributed by atoms with E-state index in [0.29, 0.717) is 5.69 Å². The van der Waals surface area contributed by atoms with Crippen molar-refractivity contribution in [3.05, 3.63) is 57.9 Å². The molecule has 1 heterocycles. The van der Waals surface area contributed by atoms with Crippen LogP contribution in [0.25, 0.3) is 5.69 Å². The van der Waals surface area contributed by atoms with Gasteiger partial charge in [0, 0.05) is 18.0 Å². The molecule has 4 heteroatoms. The van der Waals surface area contributed by atoms with E-state index in [2.05, 4.69) is 0 Å². The highest BCUT2D eigenvalue weighted by molar-refractivity contribution is 5.53. The third-order valence-electron chi connectivity index (χ3n) is 2.49. The Labute approximate surface area is 93.3 Å². The Kier molecular flexibility index (Phi) is 2.48. The van der Waals surface area contributed by atoms with Crippen molar-refractivity contribution in [2.75, 3.05) is 0 Å². The smallest absolute Gasteiger partial charge is 0.293 e. The van der Waals surface area contributed by atoms with Crippen molar-refractivity contribution in [1.29, 1.82) is 0 Å². The second kappa shape index (κ2) is 3.81. The lowest BCUT2D eigenvalue weighted by molar-refractivity contribution is -0.384. The molecule has 0 spiro atoms. The zero-order valence-corrected chi connectivity index (χ0v) is 9.18.